The van der Waals surface area contributed by atoms with Crippen molar-refractivity contribution in [2.45, 2.75) is 13.3 Å². The molecule has 2 aromatic rings. The van der Waals surface area contributed by atoms with E-state index in [1.165, 1.54) is 0 Å². The van der Waals surface area contributed by atoms with Crippen molar-refractivity contribution in [1.82, 2.24) is 24.6 Å². The van der Waals surface area contributed by atoms with Gasteiger partial charge in [0.2, 0.25) is 0 Å². The summed E-state index contributed by atoms with van der Waals surface area (Å²) in [5.74, 6) is 1.83. The Morgan fingerprint density at radius 1 is 1.20 bits per heavy atom. The summed E-state index contributed by atoms with van der Waals surface area (Å²) in [6.07, 6.45) is 2.11. The standard InChI is InChI=1S/C17H20N6O2/c1-2-25-17(24)22-9-7-21(8-10-22)15-11-16-20-18-12-23(16)14-6-4-3-5-13(14)19-15/h3-6,12H,2,7-11H2,1H3. The highest BCUT2D eigenvalue weighted by molar-refractivity contribution is 5.89. The Kier molecular flexibility index (Phi) is 4.09. The van der Waals surface area contributed by atoms with E-state index in [9.17, 15) is 4.79 Å². The van der Waals surface area contributed by atoms with E-state index in [2.05, 4.69) is 15.1 Å². The highest BCUT2D eigenvalue weighted by Gasteiger charge is 2.26. The van der Waals surface area contributed by atoms with Crippen molar-refractivity contribution in [1.29, 1.82) is 0 Å². The predicted molar refractivity (Wildman–Crippen MR) is 92.3 cm³/mol. The van der Waals surface area contributed by atoms with Gasteiger partial charge in [-0.25, -0.2) is 9.79 Å². The van der Waals surface area contributed by atoms with E-state index in [0.717, 1.165) is 36.1 Å². The van der Waals surface area contributed by atoms with Gasteiger partial charge < -0.3 is 14.5 Å². The number of amidine groups is 1. The first-order valence-electron chi connectivity index (χ1n) is 8.49. The van der Waals surface area contributed by atoms with Gasteiger partial charge in [0, 0.05) is 26.2 Å². The number of rotatable bonds is 1. The minimum Gasteiger partial charge on any atom is -0.450 e. The van der Waals surface area contributed by atoms with E-state index < -0.39 is 0 Å². The smallest absolute Gasteiger partial charge is 0.409 e. The second-order valence-electron chi connectivity index (χ2n) is 5.98. The Bertz CT molecular complexity index is 807. The third-order valence-corrected chi connectivity index (χ3v) is 4.50. The maximum atomic E-state index is 11.9. The summed E-state index contributed by atoms with van der Waals surface area (Å²) in [6, 6.07) is 7.99. The number of carbonyl (C=O) groups excluding carboxylic acids is 1. The van der Waals surface area contributed by atoms with Gasteiger partial charge >= 0.3 is 6.09 Å². The number of aliphatic imine (C=N–C) groups is 1. The lowest BCUT2D eigenvalue weighted by Gasteiger charge is -2.35. The maximum absolute atomic E-state index is 11.9. The molecule has 0 aliphatic carbocycles. The summed E-state index contributed by atoms with van der Waals surface area (Å²) in [7, 11) is 0. The van der Waals surface area contributed by atoms with Crippen LogP contribution in [0, 0.1) is 0 Å². The molecule has 2 aliphatic rings. The van der Waals surface area contributed by atoms with Crippen molar-refractivity contribution < 1.29 is 9.53 Å². The van der Waals surface area contributed by atoms with Crippen LogP contribution >= 0.6 is 0 Å². The monoisotopic (exact) mass is 340 g/mol. The van der Waals surface area contributed by atoms with Crippen LogP contribution in [0.2, 0.25) is 0 Å². The highest BCUT2D eigenvalue weighted by Crippen LogP contribution is 2.28. The number of hydrogen-bond donors (Lipinski definition) is 0. The summed E-state index contributed by atoms with van der Waals surface area (Å²) in [6.45, 7) is 4.94. The van der Waals surface area contributed by atoms with E-state index in [1.807, 2.05) is 35.8 Å². The molecule has 1 aromatic heterocycles. The Labute approximate surface area is 145 Å². The van der Waals surface area contributed by atoms with Crippen LogP contribution in [-0.4, -0.2) is 69.3 Å². The molecule has 1 amide bonds. The summed E-state index contributed by atoms with van der Waals surface area (Å²) in [4.78, 5) is 20.7. The van der Waals surface area contributed by atoms with Crippen LogP contribution in [0.4, 0.5) is 10.5 Å². The molecule has 0 bridgehead atoms. The number of nitrogens with zero attached hydrogens (tertiary/aromatic N) is 6. The summed E-state index contributed by atoms with van der Waals surface area (Å²) >= 11 is 0. The molecule has 8 heteroatoms. The first-order valence-corrected chi connectivity index (χ1v) is 8.49. The molecule has 25 heavy (non-hydrogen) atoms. The van der Waals surface area contributed by atoms with E-state index in [0.29, 0.717) is 26.1 Å². The van der Waals surface area contributed by atoms with E-state index in [4.69, 9.17) is 9.73 Å². The number of piperazine rings is 1. The second kappa shape index (κ2) is 6.54. The van der Waals surface area contributed by atoms with Gasteiger partial charge in [0.25, 0.3) is 0 Å². The highest BCUT2D eigenvalue weighted by atomic mass is 16.6. The molecule has 1 saturated heterocycles. The van der Waals surface area contributed by atoms with Gasteiger partial charge in [-0.3, -0.25) is 4.57 Å². The molecule has 0 atom stereocenters. The molecule has 4 rings (SSSR count). The number of carbonyl (C=O) groups is 1. The average molecular weight is 340 g/mol. The van der Waals surface area contributed by atoms with Crippen LogP contribution in [0.5, 0.6) is 0 Å². The number of ether oxygens (including phenoxy) is 1. The fourth-order valence-corrected chi connectivity index (χ4v) is 3.21. The lowest BCUT2D eigenvalue weighted by Crippen LogP contribution is -2.51. The molecule has 0 spiro atoms. The Morgan fingerprint density at radius 2 is 2.00 bits per heavy atom. The third kappa shape index (κ3) is 2.95. The molecule has 0 saturated carbocycles. The normalized spacial score (nSPS) is 16.6. The van der Waals surface area contributed by atoms with Crippen LogP contribution in [0.25, 0.3) is 5.69 Å². The molecule has 1 fully saturated rings. The van der Waals surface area contributed by atoms with Crippen molar-refractivity contribution in [2.75, 3.05) is 32.8 Å². The van der Waals surface area contributed by atoms with E-state index >= 15 is 0 Å². The lowest BCUT2D eigenvalue weighted by atomic mass is 10.2. The average Bonchev–Trinajstić information content (AvgIpc) is 3.04. The maximum Gasteiger partial charge on any atom is 0.409 e. The topological polar surface area (TPSA) is 75.8 Å². The molecule has 2 aliphatic heterocycles. The Morgan fingerprint density at radius 3 is 2.80 bits per heavy atom. The van der Waals surface area contributed by atoms with Gasteiger partial charge in [-0.2, -0.15) is 0 Å². The van der Waals surface area contributed by atoms with Crippen molar-refractivity contribution in [3.63, 3.8) is 0 Å². The van der Waals surface area contributed by atoms with Gasteiger partial charge in [0.1, 0.15) is 18.0 Å². The van der Waals surface area contributed by atoms with Gasteiger partial charge in [-0.05, 0) is 19.1 Å². The minimum absolute atomic E-state index is 0.241. The molecular weight excluding hydrogens is 320 g/mol. The zero-order chi connectivity index (χ0) is 17.2. The first kappa shape index (κ1) is 15.6. The van der Waals surface area contributed by atoms with Gasteiger partial charge in [-0.15, -0.1) is 10.2 Å². The summed E-state index contributed by atoms with van der Waals surface area (Å²) < 4.78 is 7.07. The number of para-hydroxylation sites is 2. The molecule has 3 heterocycles. The number of amides is 1. The van der Waals surface area contributed by atoms with Crippen molar-refractivity contribution >= 4 is 17.6 Å². The third-order valence-electron chi connectivity index (χ3n) is 4.50. The van der Waals surface area contributed by atoms with Gasteiger partial charge in [0.05, 0.1) is 24.4 Å². The van der Waals surface area contributed by atoms with Gasteiger partial charge in [-0.1, -0.05) is 12.1 Å². The van der Waals surface area contributed by atoms with Crippen molar-refractivity contribution in [2.24, 2.45) is 4.99 Å². The molecule has 130 valence electrons. The number of benzene rings is 1. The fourth-order valence-electron chi connectivity index (χ4n) is 3.21. The van der Waals surface area contributed by atoms with Crippen molar-refractivity contribution in [3.8, 4) is 5.69 Å². The molecule has 0 N–H and O–H groups in total. The predicted octanol–water partition coefficient (Wildman–Crippen LogP) is 1.63. The number of aromatic nitrogens is 3. The molecule has 0 unspecified atom stereocenters. The minimum atomic E-state index is -0.241. The van der Waals surface area contributed by atoms with Crippen LogP contribution in [-0.2, 0) is 11.2 Å². The van der Waals surface area contributed by atoms with Crippen LogP contribution < -0.4 is 0 Å². The molecule has 8 nitrogen and oxygen atoms in total. The van der Waals surface area contributed by atoms with Gasteiger partial charge in [0.15, 0.2) is 0 Å². The van der Waals surface area contributed by atoms with E-state index in [1.54, 1.807) is 11.2 Å². The molecule has 1 aromatic carbocycles. The zero-order valence-corrected chi connectivity index (χ0v) is 14.1. The number of fused-ring (bicyclic) bond motifs is 3. The molecule has 0 radical (unpaired) electrons. The first-order chi connectivity index (χ1) is 12.3. The Hall–Kier alpha value is -2.90. The largest absolute Gasteiger partial charge is 0.450 e. The molecular formula is C17H20N6O2. The van der Waals surface area contributed by atoms with Crippen LogP contribution in [0.3, 0.4) is 0 Å². The van der Waals surface area contributed by atoms with Crippen LogP contribution in [0.15, 0.2) is 35.6 Å². The quantitative estimate of drug-likeness (QED) is 0.789. The van der Waals surface area contributed by atoms with Crippen LogP contribution in [0.1, 0.15) is 12.7 Å². The summed E-state index contributed by atoms with van der Waals surface area (Å²) in [5.41, 5.74) is 1.89. The Balaban J connectivity index is 1.56. The van der Waals surface area contributed by atoms with E-state index in [-0.39, 0.29) is 6.09 Å². The lowest BCUT2D eigenvalue weighted by molar-refractivity contribution is 0.0917. The SMILES string of the molecule is CCOC(=O)N1CCN(C2=Nc3ccccc3-n3cnnc3C2)CC1. The fraction of sp³-hybridized carbons (Fsp3) is 0.412. The summed E-state index contributed by atoms with van der Waals surface area (Å²) in [5, 5.41) is 8.30. The second-order valence-corrected chi connectivity index (χ2v) is 5.98. The van der Waals surface area contributed by atoms with Crippen molar-refractivity contribution in [3.05, 3.63) is 36.4 Å². The zero-order valence-electron chi connectivity index (χ0n) is 14.1. The number of hydrogen-bond acceptors (Lipinski definition) is 6.